The summed E-state index contributed by atoms with van der Waals surface area (Å²) in [5, 5.41) is 5.32. The van der Waals surface area contributed by atoms with Gasteiger partial charge in [0.05, 0.1) is 23.1 Å². The van der Waals surface area contributed by atoms with Gasteiger partial charge in [0.15, 0.2) is 4.77 Å². The van der Waals surface area contributed by atoms with Crippen LogP contribution in [0.5, 0.6) is 0 Å². The second kappa shape index (κ2) is 7.32. The maximum atomic E-state index is 13.7. The van der Waals surface area contributed by atoms with Crippen molar-refractivity contribution < 1.29 is 14.0 Å². The first-order chi connectivity index (χ1) is 12.7. The van der Waals surface area contributed by atoms with E-state index in [0.717, 1.165) is 28.4 Å². The number of carbonyl (C=O) groups excluding carboxylic acids is 2. The van der Waals surface area contributed by atoms with E-state index in [-0.39, 0.29) is 22.8 Å². The Morgan fingerprint density at radius 3 is 2.41 bits per heavy atom. The first-order valence-corrected chi connectivity index (χ1v) is 8.73. The fraction of sp³-hybridized carbons (Fsp3) is 0.211. The van der Waals surface area contributed by atoms with Gasteiger partial charge in [0, 0.05) is 5.69 Å². The lowest BCUT2D eigenvalue weighted by Gasteiger charge is -2.13. The van der Waals surface area contributed by atoms with Crippen molar-refractivity contribution in [3.05, 3.63) is 57.1 Å². The average molecular weight is 386 g/mol. The lowest BCUT2D eigenvalue weighted by atomic mass is 10.1. The summed E-state index contributed by atoms with van der Waals surface area (Å²) in [5.74, 6) is -1.52. The molecule has 8 heteroatoms. The number of rotatable bonds is 4. The quantitative estimate of drug-likeness (QED) is 0.516. The zero-order chi connectivity index (χ0) is 19.7. The van der Waals surface area contributed by atoms with Crippen LogP contribution in [0.1, 0.15) is 27.0 Å². The van der Waals surface area contributed by atoms with Gasteiger partial charge in [-0.25, -0.2) is 4.39 Å². The number of benzene rings is 2. The van der Waals surface area contributed by atoms with Gasteiger partial charge in [0.25, 0.3) is 5.91 Å². The molecular formula is C19H19FN4O2S. The van der Waals surface area contributed by atoms with E-state index in [9.17, 15) is 14.0 Å². The Morgan fingerprint density at radius 1 is 1.07 bits per heavy atom. The topological polar surface area (TPSA) is 89.8 Å². The zero-order valence-electron chi connectivity index (χ0n) is 15.1. The Kier molecular flexibility index (Phi) is 5.09. The van der Waals surface area contributed by atoms with Crippen LogP contribution in [0.2, 0.25) is 0 Å². The monoisotopic (exact) mass is 386 g/mol. The number of imidazole rings is 1. The molecule has 0 fully saturated rings. The number of hydrogen-bond acceptors (Lipinski definition) is 3. The van der Waals surface area contributed by atoms with Gasteiger partial charge in [-0.2, -0.15) is 0 Å². The predicted octanol–water partition coefficient (Wildman–Crippen LogP) is 3.66. The highest BCUT2D eigenvalue weighted by Crippen LogP contribution is 2.22. The normalized spacial score (nSPS) is 10.8. The Morgan fingerprint density at radius 2 is 1.74 bits per heavy atom. The summed E-state index contributed by atoms with van der Waals surface area (Å²) in [7, 11) is 0. The van der Waals surface area contributed by atoms with E-state index >= 15 is 0 Å². The van der Waals surface area contributed by atoms with Gasteiger partial charge in [-0.05, 0) is 56.2 Å². The molecule has 0 unspecified atom stereocenters. The first kappa shape index (κ1) is 18.8. The lowest BCUT2D eigenvalue weighted by molar-refractivity contribution is -0.115. The number of anilines is 1. The van der Waals surface area contributed by atoms with Gasteiger partial charge >= 0.3 is 0 Å². The van der Waals surface area contributed by atoms with Gasteiger partial charge in [0.1, 0.15) is 5.82 Å². The zero-order valence-corrected chi connectivity index (χ0v) is 15.9. The molecule has 140 valence electrons. The minimum atomic E-state index is -0.576. The van der Waals surface area contributed by atoms with Crippen LogP contribution in [0, 0.1) is 31.4 Å². The molecule has 4 N–H and O–H groups in total. The molecule has 2 aromatic carbocycles. The summed E-state index contributed by atoms with van der Waals surface area (Å²) in [6.07, 6.45) is 0. The number of H-pyrrole nitrogens is 2. The number of hydrogen-bond donors (Lipinski definition) is 4. The number of aryl methyl sites for hydroxylation is 3. The third-order valence-corrected chi connectivity index (χ3v) is 4.39. The summed E-state index contributed by atoms with van der Waals surface area (Å²) in [5.41, 5.74) is 4.58. The van der Waals surface area contributed by atoms with Crippen molar-refractivity contribution in [1.82, 2.24) is 15.3 Å². The smallest absolute Gasteiger partial charge is 0.254 e. The summed E-state index contributed by atoms with van der Waals surface area (Å²) >= 11 is 4.99. The van der Waals surface area contributed by atoms with E-state index in [1.807, 2.05) is 32.9 Å². The molecule has 3 rings (SSSR count). The standard InChI is InChI=1S/C19H19FN4O2S/c1-9-4-10(2)16(11(3)5-9)23-15(25)8-21-18(26)13-6-12(20)7-14-17(13)24-19(27)22-14/h4-7H,8H2,1-3H3,(H,21,26)(H,23,25)(H2,22,24,27). The maximum absolute atomic E-state index is 13.7. The first-order valence-electron chi connectivity index (χ1n) is 8.32. The minimum Gasteiger partial charge on any atom is -0.343 e. The number of aromatic nitrogens is 2. The van der Waals surface area contributed by atoms with Crippen LogP contribution in [-0.4, -0.2) is 28.3 Å². The van der Waals surface area contributed by atoms with Crippen LogP contribution in [0.4, 0.5) is 10.1 Å². The fourth-order valence-electron chi connectivity index (χ4n) is 3.10. The highest BCUT2D eigenvalue weighted by molar-refractivity contribution is 7.71. The molecular weight excluding hydrogens is 367 g/mol. The SMILES string of the molecule is Cc1cc(C)c(NC(=O)CNC(=O)c2cc(F)cc3[nH]c(=S)[nH]c23)c(C)c1. The number of nitrogens with one attached hydrogen (secondary N) is 4. The van der Waals surface area contributed by atoms with Crippen LogP contribution >= 0.6 is 12.2 Å². The molecule has 27 heavy (non-hydrogen) atoms. The predicted molar refractivity (Wildman–Crippen MR) is 105 cm³/mol. The number of carbonyl (C=O) groups is 2. The molecule has 0 bridgehead atoms. The molecule has 0 saturated heterocycles. The molecule has 0 saturated carbocycles. The van der Waals surface area contributed by atoms with E-state index in [4.69, 9.17) is 12.2 Å². The summed E-state index contributed by atoms with van der Waals surface area (Å²) in [6.45, 7) is 5.56. The van der Waals surface area contributed by atoms with Crippen molar-refractivity contribution >= 4 is 40.8 Å². The minimum absolute atomic E-state index is 0.0767. The highest BCUT2D eigenvalue weighted by atomic mass is 32.1. The van der Waals surface area contributed by atoms with Crippen LogP contribution in [-0.2, 0) is 4.79 Å². The Hall–Kier alpha value is -3.00. The number of aromatic amines is 2. The maximum Gasteiger partial charge on any atom is 0.254 e. The number of fused-ring (bicyclic) bond motifs is 1. The summed E-state index contributed by atoms with van der Waals surface area (Å²) in [4.78, 5) is 30.3. The molecule has 0 atom stereocenters. The van der Waals surface area contributed by atoms with Gasteiger partial charge in [0.2, 0.25) is 5.91 Å². The molecule has 0 aliphatic rings. The van der Waals surface area contributed by atoms with Gasteiger partial charge < -0.3 is 20.6 Å². The summed E-state index contributed by atoms with van der Waals surface area (Å²) < 4.78 is 14.0. The van der Waals surface area contributed by atoms with Crippen LogP contribution in [0.3, 0.4) is 0 Å². The average Bonchev–Trinajstić information content (AvgIpc) is 2.95. The molecule has 6 nitrogen and oxygen atoms in total. The molecule has 1 aromatic heterocycles. The second-order valence-electron chi connectivity index (χ2n) is 6.46. The molecule has 0 aliphatic carbocycles. The fourth-order valence-corrected chi connectivity index (χ4v) is 3.31. The van der Waals surface area contributed by atoms with Crippen molar-refractivity contribution in [1.29, 1.82) is 0 Å². The van der Waals surface area contributed by atoms with Crippen molar-refractivity contribution in [3.63, 3.8) is 0 Å². The highest BCUT2D eigenvalue weighted by Gasteiger charge is 2.15. The molecule has 3 aromatic rings. The Labute approximate surface area is 160 Å². The van der Waals surface area contributed by atoms with Crippen molar-refractivity contribution in [2.75, 3.05) is 11.9 Å². The van der Waals surface area contributed by atoms with Gasteiger partial charge in [-0.1, -0.05) is 17.7 Å². The Bertz CT molecular complexity index is 1090. The van der Waals surface area contributed by atoms with Crippen LogP contribution < -0.4 is 10.6 Å². The summed E-state index contributed by atoms with van der Waals surface area (Å²) in [6, 6.07) is 6.29. The number of amides is 2. The molecule has 1 heterocycles. The molecule has 0 aliphatic heterocycles. The van der Waals surface area contributed by atoms with E-state index < -0.39 is 11.7 Å². The second-order valence-corrected chi connectivity index (χ2v) is 6.87. The third kappa shape index (κ3) is 4.06. The molecule has 0 spiro atoms. The van der Waals surface area contributed by atoms with Crippen LogP contribution in [0.15, 0.2) is 24.3 Å². The molecule has 0 radical (unpaired) electrons. The van der Waals surface area contributed by atoms with E-state index in [1.165, 1.54) is 6.07 Å². The van der Waals surface area contributed by atoms with E-state index in [2.05, 4.69) is 20.6 Å². The largest absolute Gasteiger partial charge is 0.343 e. The van der Waals surface area contributed by atoms with Gasteiger partial charge in [-0.15, -0.1) is 0 Å². The van der Waals surface area contributed by atoms with Crippen LogP contribution in [0.25, 0.3) is 11.0 Å². The number of halogens is 1. The lowest BCUT2D eigenvalue weighted by Crippen LogP contribution is -2.33. The molecule has 2 amide bonds. The van der Waals surface area contributed by atoms with Crippen molar-refractivity contribution in [2.24, 2.45) is 0 Å². The third-order valence-electron chi connectivity index (χ3n) is 4.19. The van der Waals surface area contributed by atoms with Crippen molar-refractivity contribution in [3.8, 4) is 0 Å². The Balaban J connectivity index is 1.73. The van der Waals surface area contributed by atoms with E-state index in [1.54, 1.807) is 0 Å². The van der Waals surface area contributed by atoms with Gasteiger partial charge in [-0.3, -0.25) is 9.59 Å². The van der Waals surface area contributed by atoms with E-state index in [0.29, 0.717) is 11.0 Å². The van der Waals surface area contributed by atoms with Crippen molar-refractivity contribution in [2.45, 2.75) is 20.8 Å².